The van der Waals surface area contributed by atoms with Crippen LogP contribution in [-0.4, -0.2) is 5.38 Å². The molecule has 0 heterocycles. The zero-order valence-corrected chi connectivity index (χ0v) is 10.7. The Morgan fingerprint density at radius 3 is 2.53 bits per heavy atom. The maximum Gasteiger partial charge on any atom is 0.129 e. The maximum atomic E-state index is 13.5. The molecule has 0 bridgehead atoms. The molecular weight excluding hydrogens is 242 g/mol. The summed E-state index contributed by atoms with van der Waals surface area (Å²) in [6, 6.07) is 3.72. The smallest absolute Gasteiger partial charge is 0.129 e. The summed E-state index contributed by atoms with van der Waals surface area (Å²) < 4.78 is 26.3. The quantitative estimate of drug-likeness (QED) is 0.690. The van der Waals surface area contributed by atoms with Crippen LogP contribution in [0, 0.1) is 17.0 Å². The van der Waals surface area contributed by atoms with Gasteiger partial charge < -0.3 is 0 Å². The summed E-state index contributed by atoms with van der Waals surface area (Å²) in [7, 11) is 0. The Labute approximate surface area is 106 Å². The maximum absolute atomic E-state index is 13.5. The van der Waals surface area contributed by atoms with Crippen molar-refractivity contribution in [3.8, 4) is 0 Å². The van der Waals surface area contributed by atoms with Gasteiger partial charge in [-0.3, -0.25) is 0 Å². The standard InChI is InChI=1S/C14H17ClF2/c1-14(6-2-3-7-14)13(15)8-10-4-5-11(16)9-12(10)17/h4-5,9,13H,2-3,6-8H2,1H3. The van der Waals surface area contributed by atoms with E-state index in [0.717, 1.165) is 18.9 Å². The van der Waals surface area contributed by atoms with Gasteiger partial charge in [0.05, 0.1) is 0 Å². The van der Waals surface area contributed by atoms with Crippen molar-refractivity contribution >= 4 is 11.6 Å². The molecule has 0 aliphatic heterocycles. The molecule has 0 N–H and O–H groups in total. The second kappa shape index (κ2) is 4.93. The molecule has 94 valence electrons. The van der Waals surface area contributed by atoms with Gasteiger partial charge in [-0.1, -0.05) is 25.8 Å². The van der Waals surface area contributed by atoms with Crippen LogP contribution in [-0.2, 0) is 6.42 Å². The summed E-state index contributed by atoms with van der Waals surface area (Å²) >= 11 is 6.41. The van der Waals surface area contributed by atoms with Gasteiger partial charge in [0, 0.05) is 11.4 Å². The normalized spacial score (nSPS) is 20.5. The molecule has 17 heavy (non-hydrogen) atoms. The highest BCUT2D eigenvalue weighted by atomic mass is 35.5. The Morgan fingerprint density at radius 1 is 1.29 bits per heavy atom. The molecular formula is C14H17ClF2. The number of halogens is 3. The molecule has 0 nitrogen and oxygen atoms in total. The van der Waals surface area contributed by atoms with E-state index in [1.165, 1.54) is 25.0 Å². The summed E-state index contributed by atoms with van der Waals surface area (Å²) in [6.45, 7) is 2.17. The first-order valence-electron chi connectivity index (χ1n) is 6.09. The lowest BCUT2D eigenvalue weighted by Gasteiger charge is -2.29. The van der Waals surface area contributed by atoms with Crippen LogP contribution < -0.4 is 0 Å². The first-order chi connectivity index (χ1) is 8.01. The van der Waals surface area contributed by atoms with E-state index in [-0.39, 0.29) is 10.8 Å². The van der Waals surface area contributed by atoms with Crippen LogP contribution in [0.5, 0.6) is 0 Å². The van der Waals surface area contributed by atoms with Gasteiger partial charge in [0.2, 0.25) is 0 Å². The average molecular weight is 259 g/mol. The third-order valence-corrected chi connectivity index (χ3v) is 4.60. The number of rotatable bonds is 3. The van der Waals surface area contributed by atoms with Crippen LogP contribution in [0.25, 0.3) is 0 Å². The lowest BCUT2D eigenvalue weighted by molar-refractivity contribution is 0.314. The fraction of sp³-hybridized carbons (Fsp3) is 0.571. The molecule has 1 aromatic carbocycles. The second-order valence-corrected chi connectivity index (χ2v) is 5.80. The van der Waals surface area contributed by atoms with Crippen LogP contribution in [0.2, 0.25) is 0 Å². The van der Waals surface area contributed by atoms with Crippen molar-refractivity contribution in [2.45, 2.75) is 44.4 Å². The monoisotopic (exact) mass is 258 g/mol. The first kappa shape index (κ1) is 12.8. The Balaban J connectivity index is 2.10. The minimum absolute atomic E-state index is 0.0787. The largest absolute Gasteiger partial charge is 0.207 e. The van der Waals surface area contributed by atoms with Gasteiger partial charge >= 0.3 is 0 Å². The van der Waals surface area contributed by atoms with Gasteiger partial charge in [-0.2, -0.15) is 0 Å². The molecule has 1 atom stereocenters. The van der Waals surface area contributed by atoms with Crippen molar-refractivity contribution in [2.75, 3.05) is 0 Å². The molecule has 0 radical (unpaired) electrons. The predicted octanol–water partition coefficient (Wildman–Crippen LogP) is 4.70. The highest BCUT2D eigenvalue weighted by Gasteiger charge is 2.36. The van der Waals surface area contributed by atoms with Crippen LogP contribution >= 0.6 is 11.6 Å². The van der Waals surface area contributed by atoms with Crippen molar-refractivity contribution in [3.05, 3.63) is 35.4 Å². The molecule has 0 saturated heterocycles. The Bertz CT molecular complexity index is 397. The molecule has 0 spiro atoms. The van der Waals surface area contributed by atoms with Gasteiger partial charge in [-0.25, -0.2) is 8.78 Å². The van der Waals surface area contributed by atoms with E-state index in [2.05, 4.69) is 6.92 Å². The van der Waals surface area contributed by atoms with Gasteiger partial charge in [-0.05, 0) is 36.3 Å². The van der Waals surface area contributed by atoms with Gasteiger partial charge in [0.1, 0.15) is 11.6 Å². The van der Waals surface area contributed by atoms with Crippen molar-refractivity contribution in [2.24, 2.45) is 5.41 Å². The fourth-order valence-electron chi connectivity index (χ4n) is 2.62. The van der Waals surface area contributed by atoms with Crippen molar-refractivity contribution < 1.29 is 8.78 Å². The van der Waals surface area contributed by atoms with Crippen LogP contribution in [0.1, 0.15) is 38.2 Å². The van der Waals surface area contributed by atoms with E-state index >= 15 is 0 Å². The second-order valence-electron chi connectivity index (χ2n) is 5.27. The summed E-state index contributed by atoms with van der Waals surface area (Å²) in [5, 5.41) is -0.0787. The molecule has 1 fully saturated rings. The predicted molar refractivity (Wildman–Crippen MR) is 66.3 cm³/mol. The molecule has 1 aliphatic rings. The molecule has 0 aromatic heterocycles. The molecule has 3 heteroatoms. The third-order valence-electron chi connectivity index (χ3n) is 3.92. The van der Waals surface area contributed by atoms with E-state index in [1.807, 2.05) is 0 Å². The molecule has 0 amide bonds. The zero-order chi connectivity index (χ0) is 12.5. The Kier molecular flexibility index (Phi) is 3.72. The van der Waals surface area contributed by atoms with Crippen LogP contribution in [0.15, 0.2) is 18.2 Å². The lowest BCUT2D eigenvalue weighted by atomic mass is 9.82. The van der Waals surface area contributed by atoms with E-state index in [0.29, 0.717) is 12.0 Å². The Hall–Kier alpha value is -0.630. The van der Waals surface area contributed by atoms with Gasteiger partial charge in [-0.15, -0.1) is 11.6 Å². The average Bonchev–Trinajstić information content (AvgIpc) is 2.71. The molecule has 1 unspecified atom stereocenters. The molecule has 2 rings (SSSR count). The van der Waals surface area contributed by atoms with Gasteiger partial charge in [0.15, 0.2) is 0 Å². The number of hydrogen-bond donors (Lipinski definition) is 0. The Morgan fingerprint density at radius 2 is 1.94 bits per heavy atom. The number of hydrogen-bond acceptors (Lipinski definition) is 0. The van der Waals surface area contributed by atoms with E-state index in [1.54, 1.807) is 0 Å². The summed E-state index contributed by atoms with van der Waals surface area (Å²) in [5.74, 6) is -1.03. The first-order valence-corrected chi connectivity index (χ1v) is 6.53. The summed E-state index contributed by atoms with van der Waals surface area (Å²) in [4.78, 5) is 0. The molecule has 1 aliphatic carbocycles. The third kappa shape index (κ3) is 2.79. The van der Waals surface area contributed by atoms with E-state index in [4.69, 9.17) is 11.6 Å². The summed E-state index contributed by atoms with van der Waals surface area (Å²) in [5.41, 5.74) is 0.613. The van der Waals surface area contributed by atoms with Crippen LogP contribution in [0.4, 0.5) is 8.78 Å². The van der Waals surface area contributed by atoms with Crippen molar-refractivity contribution in [1.82, 2.24) is 0 Å². The van der Waals surface area contributed by atoms with E-state index < -0.39 is 11.6 Å². The highest BCUT2D eigenvalue weighted by molar-refractivity contribution is 6.21. The van der Waals surface area contributed by atoms with Crippen molar-refractivity contribution in [3.63, 3.8) is 0 Å². The van der Waals surface area contributed by atoms with Gasteiger partial charge in [0.25, 0.3) is 0 Å². The van der Waals surface area contributed by atoms with Crippen molar-refractivity contribution in [1.29, 1.82) is 0 Å². The zero-order valence-electron chi connectivity index (χ0n) is 9.98. The van der Waals surface area contributed by atoms with Crippen LogP contribution in [0.3, 0.4) is 0 Å². The molecule has 1 saturated carbocycles. The highest BCUT2D eigenvalue weighted by Crippen LogP contribution is 2.44. The molecule has 1 aromatic rings. The minimum atomic E-state index is -0.538. The van der Waals surface area contributed by atoms with E-state index in [9.17, 15) is 8.78 Å². The number of alkyl halides is 1. The minimum Gasteiger partial charge on any atom is -0.207 e. The topological polar surface area (TPSA) is 0 Å². The SMILES string of the molecule is CC1(C(Cl)Cc2ccc(F)cc2F)CCCC1. The fourth-order valence-corrected chi connectivity index (χ4v) is 3.01. The lowest BCUT2D eigenvalue weighted by Crippen LogP contribution is -2.27. The number of benzene rings is 1. The summed E-state index contributed by atoms with van der Waals surface area (Å²) in [6.07, 6.45) is 5.08.